The van der Waals surface area contributed by atoms with Crippen LogP contribution in [0.5, 0.6) is 0 Å². The third-order valence-corrected chi connectivity index (χ3v) is 2.81. The normalized spacial score (nSPS) is 11.8. The van der Waals surface area contributed by atoms with Crippen LogP contribution in [0.1, 0.15) is 33.1 Å². The van der Waals surface area contributed by atoms with E-state index in [1.54, 1.807) is 0 Å². The smallest absolute Gasteiger partial charge is 0.211 e. The molecule has 0 unspecified atom stereocenters. The fourth-order valence-electron chi connectivity index (χ4n) is 0.664. The Labute approximate surface area is 69.2 Å². The molecule has 0 heterocycles. The van der Waals surface area contributed by atoms with E-state index in [4.69, 9.17) is 0 Å². The Balaban J connectivity index is 3.63. The summed E-state index contributed by atoms with van der Waals surface area (Å²) in [5, 5.41) is 0. The first-order valence-electron chi connectivity index (χ1n) is 4.09. The van der Waals surface area contributed by atoms with E-state index < -0.39 is 10.0 Å². The molecule has 0 saturated heterocycles. The lowest BCUT2D eigenvalue weighted by Gasteiger charge is -2.03. The average molecular weight is 179 g/mol. The van der Waals surface area contributed by atoms with Gasteiger partial charge < -0.3 is 0 Å². The Morgan fingerprint density at radius 1 is 1.18 bits per heavy atom. The van der Waals surface area contributed by atoms with Crippen LogP contribution in [0.4, 0.5) is 0 Å². The molecule has 0 aliphatic rings. The van der Waals surface area contributed by atoms with Crippen molar-refractivity contribution in [1.82, 2.24) is 4.72 Å². The number of sulfonamides is 1. The van der Waals surface area contributed by atoms with Gasteiger partial charge in [0.2, 0.25) is 10.0 Å². The summed E-state index contributed by atoms with van der Waals surface area (Å²) >= 11 is 0. The molecule has 0 bridgehead atoms. The molecular weight excluding hydrogens is 162 g/mol. The van der Waals surface area contributed by atoms with Gasteiger partial charge in [-0.3, -0.25) is 0 Å². The third kappa shape index (κ3) is 6.31. The van der Waals surface area contributed by atoms with Crippen LogP contribution in [0.2, 0.25) is 0 Å². The summed E-state index contributed by atoms with van der Waals surface area (Å²) in [5.41, 5.74) is 0. The molecule has 0 aromatic carbocycles. The van der Waals surface area contributed by atoms with Crippen LogP contribution in [0.15, 0.2) is 0 Å². The first-order valence-corrected chi connectivity index (χ1v) is 5.75. The summed E-state index contributed by atoms with van der Waals surface area (Å²) in [5.74, 6) is 0.267. The van der Waals surface area contributed by atoms with Gasteiger partial charge in [-0.1, -0.05) is 20.3 Å². The number of rotatable bonds is 6. The van der Waals surface area contributed by atoms with Crippen molar-refractivity contribution in [3.63, 3.8) is 0 Å². The Morgan fingerprint density at radius 2 is 1.82 bits per heavy atom. The van der Waals surface area contributed by atoms with E-state index >= 15 is 0 Å². The molecule has 0 saturated carbocycles. The van der Waals surface area contributed by atoms with Crippen molar-refractivity contribution in [3.05, 3.63) is 0 Å². The van der Waals surface area contributed by atoms with Crippen molar-refractivity contribution < 1.29 is 8.42 Å². The van der Waals surface area contributed by atoms with Gasteiger partial charge >= 0.3 is 0 Å². The van der Waals surface area contributed by atoms with Gasteiger partial charge in [-0.25, -0.2) is 13.1 Å². The highest BCUT2D eigenvalue weighted by Gasteiger charge is 2.06. The van der Waals surface area contributed by atoms with Crippen molar-refractivity contribution in [2.45, 2.75) is 33.1 Å². The molecule has 4 heteroatoms. The largest absolute Gasteiger partial charge is 0.215 e. The molecule has 0 fully saturated rings. The topological polar surface area (TPSA) is 46.2 Å². The second kappa shape index (κ2) is 5.55. The summed E-state index contributed by atoms with van der Waals surface area (Å²) in [6, 6.07) is 0. The van der Waals surface area contributed by atoms with Gasteiger partial charge in [0.05, 0.1) is 5.75 Å². The third-order valence-electron chi connectivity index (χ3n) is 1.34. The maximum absolute atomic E-state index is 11.0. The molecule has 0 radical (unpaired) electrons. The Kier molecular flexibility index (Phi) is 5.50. The highest BCUT2D eigenvalue weighted by Crippen LogP contribution is 1.92. The lowest BCUT2D eigenvalue weighted by Crippen LogP contribution is -2.26. The molecule has 68 valence electrons. The Bertz CT molecular complexity index is 161. The van der Waals surface area contributed by atoms with E-state index in [1.165, 1.54) is 0 Å². The van der Waals surface area contributed by atoms with E-state index in [1.807, 2.05) is 13.8 Å². The van der Waals surface area contributed by atoms with E-state index in [0.717, 1.165) is 19.3 Å². The molecule has 0 aliphatic heterocycles. The van der Waals surface area contributed by atoms with Crippen molar-refractivity contribution in [2.75, 3.05) is 12.3 Å². The van der Waals surface area contributed by atoms with Crippen molar-refractivity contribution in [1.29, 1.82) is 0 Å². The maximum atomic E-state index is 11.0. The second-order valence-electron chi connectivity index (χ2n) is 2.57. The van der Waals surface area contributed by atoms with E-state index in [0.29, 0.717) is 6.54 Å². The summed E-state index contributed by atoms with van der Waals surface area (Å²) < 4.78 is 24.6. The van der Waals surface area contributed by atoms with Crippen molar-refractivity contribution in [3.8, 4) is 0 Å². The van der Waals surface area contributed by atoms with Gasteiger partial charge in [-0.05, 0) is 12.8 Å². The van der Waals surface area contributed by atoms with Crippen LogP contribution < -0.4 is 4.72 Å². The van der Waals surface area contributed by atoms with E-state index in [2.05, 4.69) is 4.72 Å². The zero-order valence-corrected chi connectivity index (χ0v) is 8.08. The fourth-order valence-corrected chi connectivity index (χ4v) is 1.99. The quantitative estimate of drug-likeness (QED) is 0.664. The number of hydrogen-bond donors (Lipinski definition) is 1. The number of nitrogens with one attached hydrogen (secondary N) is 1. The van der Waals surface area contributed by atoms with Crippen LogP contribution in [0, 0.1) is 0 Å². The lowest BCUT2D eigenvalue weighted by atomic mass is 10.4. The molecule has 0 rings (SSSR count). The predicted octanol–water partition coefficient (Wildman–Crippen LogP) is 1.12. The van der Waals surface area contributed by atoms with Crippen LogP contribution in [0.25, 0.3) is 0 Å². The van der Waals surface area contributed by atoms with Gasteiger partial charge in [0, 0.05) is 6.54 Å². The summed E-state index contributed by atoms with van der Waals surface area (Å²) in [7, 11) is -2.96. The van der Waals surface area contributed by atoms with Gasteiger partial charge in [0.15, 0.2) is 0 Å². The van der Waals surface area contributed by atoms with E-state index in [-0.39, 0.29) is 5.75 Å². The molecule has 1 N–H and O–H groups in total. The number of hydrogen-bond acceptors (Lipinski definition) is 2. The molecule has 0 atom stereocenters. The van der Waals surface area contributed by atoms with Crippen LogP contribution in [0.3, 0.4) is 0 Å². The van der Waals surface area contributed by atoms with E-state index in [9.17, 15) is 8.42 Å². The highest BCUT2D eigenvalue weighted by atomic mass is 32.2. The van der Waals surface area contributed by atoms with Crippen molar-refractivity contribution >= 4 is 10.0 Å². The van der Waals surface area contributed by atoms with Crippen molar-refractivity contribution in [2.24, 2.45) is 0 Å². The molecule has 0 aromatic heterocycles. The van der Waals surface area contributed by atoms with Gasteiger partial charge in [0.25, 0.3) is 0 Å². The molecular formula is C7H17NO2S. The minimum absolute atomic E-state index is 0.267. The van der Waals surface area contributed by atoms with Crippen LogP contribution in [-0.4, -0.2) is 20.7 Å². The second-order valence-corrected chi connectivity index (χ2v) is 4.49. The summed E-state index contributed by atoms with van der Waals surface area (Å²) in [6.45, 7) is 4.49. The monoisotopic (exact) mass is 179 g/mol. The fraction of sp³-hybridized carbons (Fsp3) is 1.00. The summed E-state index contributed by atoms with van der Waals surface area (Å²) in [4.78, 5) is 0. The number of unbranched alkanes of at least 4 members (excludes halogenated alkanes) is 1. The highest BCUT2D eigenvalue weighted by molar-refractivity contribution is 7.89. The first-order chi connectivity index (χ1) is 5.12. The molecule has 0 spiro atoms. The van der Waals surface area contributed by atoms with Gasteiger partial charge in [0.1, 0.15) is 0 Å². The minimum atomic E-state index is -2.96. The minimum Gasteiger partial charge on any atom is -0.215 e. The molecule has 0 aromatic rings. The first kappa shape index (κ1) is 10.9. The molecule has 0 amide bonds. The zero-order valence-electron chi connectivity index (χ0n) is 7.26. The predicted molar refractivity (Wildman–Crippen MR) is 47.0 cm³/mol. The van der Waals surface area contributed by atoms with Gasteiger partial charge in [-0.2, -0.15) is 0 Å². The summed E-state index contributed by atoms with van der Waals surface area (Å²) in [6.07, 6.45) is 2.53. The maximum Gasteiger partial charge on any atom is 0.211 e. The Morgan fingerprint density at radius 3 is 2.27 bits per heavy atom. The SMILES string of the molecule is CCCCS(=O)(=O)NCCC. The zero-order chi connectivity index (χ0) is 8.74. The Hall–Kier alpha value is -0.0900. The van der Waals surface area contributed by atoms with Gasteiger partial charge in [-0.15, -0.1) is 0 Å². The van der Waals surface area contributed by atoms with Crippen LogP contribution >= 0.6 is 0 Å². The molecule has 3 nitrogen and oxygen atoms in total. The van der Waals surface area contributed by atoms with Crippen LogP contribution in [-0.2, 0) is 10.0 Å². The average Bonchev–Trinajstić information content (AvgIpc) is 1.97. The molecule has 11 heavy (non-hydrogen) atoms. The standard InChI is InChI=1S/C7H17NO2S/c1-3-5-7-11(9,10)8-6-4-2/h8H,3-7H2,1-2H3. The lowest BCUT2D eigenvalue weighted by molar-refractivity contribution is 0.577. The molecule has 0 aliphatic carbocycles.